The molecule has 1 aromatic carbocycles. The van der Waals surface area contributed by atoms with Crippen LogP contribution < -0.4 is 5.43 Å². The molecule has 0 unspecified atom stereocenters. The predicted molar refractivity (Wildman–Crippen MR) is 101 cm³/mol. The molecular weight excluding hydrogens is 386 g/mol. The van der Waals surface area contributed by atoms with Crippen LogP contribution in [0.15, 0.2) is 70.1 Å². The molecule has 0 amide bonds. The molecule has 0 aliphatic heterocycles. The summed E-state index contributed by atoms with van der Waals surface area (Å²) in [6, 6.07) is 9.44. The van der Waals surface area contributed by atoms with Crippen LogP contribution in [0.5, 0.6) is 0 Å². The minimum absolute atomic E-state index is 0.176. The minimum atomic E-state index is -3.35. The van der Waals surface area contributed by atoms with Crippen molar-refractivity contribution in [2.24, 2.45) is 0 Å². The molecule has 0 aliphatic rings. The number of benzene rings is 1. The van der Waals surface area contributed by atoms with Crippen molar-refractivity contribution in [3.05, 3.63) is 70.6 Å². The first-order chi connectivity index (χ1) is 12.9. The Balaban J connectivity index is 1.85. The Bertz CT molecular complexity index is 1270. The minimum Gasteiger partial charge on any atom is -0.287 e. The van der Waals surface area contributed by atoms with Crippen LogP contribution >= 0.6 is 11.3 Å². The summed E-state index contributed by atoms with van der Waals surface area (Å²) in [5, 5.41) is 11.1. The summed E-state index contributed by atoms with van der Waals surface area (Å²) in [6.45, 7) is 0. The highest BCUT2D eigenvalue weighted by atomic mass is 32.2. The first-order valence-corrected chi connectivity index (χ1v) is 10.6. The van der Waals surface area contributed by atoms with Gasteiger partial charge in [-0.3, -0.25) is 4.79 Å². The number of rotatable bonds is 4. The van der Waals surface area contributed by atoms with Gasteiger partial charge >= 0.3 is 0 Å². The largest absolute Gasteiger partial charge is 0.287 e. The Kier molecular flexibility index (Phi) is 4.21. The molecule has 0 bridgehead atoms. The van der Waals surface area contributed by atoms with E-state index in [1.54, 1.807) is 35.3 Å². The van der Waals surface area contributed by atoms with E-state index in [-0.39, 0.29) is 16.0 Å². The first-order valence-electron chi connectivity index (χ1n) is 7.78. The van der Waals surface area contributed by atoms with E-state index >= 15 is 0 Å². The van der Waals surface area contributed by atoms with Gasteiger partial charge in [0.05, 0.1) is 16.8 Å². The monoisotopic (exact) mass is 399 g/mol. The standard InChI is InChI=1S/C17H13N5O3S2/c1-27(24,25)13-4-2-3-12(11-13)21-9-6-15(23)16(20-21)14-5-7-19-22(14)17-18-8-10-26-17/h2-11H,1H3. The second-order valence-corrected chi connectivity index (χ2v) is 8.57. The van der Waals surface area contributed by atoms with E-state index in [4.69, 9.17) is 0 Å². The summed E-state index contributed by atoms with van der Waals surface area (Å²) >= 11 is 1.39. The average Bonchev–Trinajstić information content (AvgIpc) is 3.33. The lowest BCUT2D eigenvalue weighted by Gasteiger charge is -2.09. The third-order valence-electron chi connectivity index (χ3n) is 3.80. The third kappa shape index (κ3) is 3.32. The molecule has 0 fully saturated rings. The highest BCUT2D eigenvalue weighted by molar-refractivity contribution is 7.90. The highest BCUT2D eigenvalue weighted by Gasteiger charge is 2.15. The van der Waals surface area contributed by atoms with Gasteiger partial charge in [-0.25, -0.2) is 22.8 Å². The van der Waals surface area contributed by atoms with E-state index in [1.807, 2.05) is 5.38 Å². The highest BCUT2D eigenvalue weighted by Crippen LogP contribution is 2.20. The Labute approximate surface area is 158 Å². The summed E-state index contributed by atoms with van der Waals surface area (Å²) in [7, 11) is -3.35. The molecule has 0 saturated heterocycles. The second kappa shape index (κ2) is 6.56. The van der Waals surface area contributed by atoms with E-state index < -0.39 is 9.84 Å². The second-order valence-electron chi connectivity index (χ2n) is 5.69. The van der Waals surface area contributed by atoms with Crippen molar-refractivity contribution >= 4 is 21.2 Å². The van der Waals surface area contributed by atoms with Gasteiger partial charge in [0.1, 0.15) is 5.69 Å². The maximum absolute atomic E-state index is 12.4. The first kappa shape index (κ1) is 17.3. The Morgan fingerprint density at radius 2 is 1.96 bits per heavy atom. The molecule has 0 N–H and O–H groups in total. The number of thiazole rings is 1. The fraction of sp³-hybridized carbons (Fsp3) is 0.0588. The van der Waals surface area contributed by atoms with Crippen molar-refractivity contribution in [3.63, 3.8) is 0 Å². The van der Waals surface area contributed by atoms with Gasteiger partial charge in [0.15, 0.2) is 15.5 Å². The quantitative estimate of drug-likeness (QED) is 0.520. The van der Waals surface area contributed by atoms with Crippen LogP contribution in [0.1, 0.15) is 0 Å². The molecule has 0 aliphatic carbocycles. The molecule has 27 heavy (non-hydrogen) atoms. The summed E-state index contributed by atoms with van der Waals surface area (Å²) < 4.78 is 26.6. The average molecular weight is 399 g/mol. The predicted octanol–water partition coefficient (Wildman–Crippen LogP) is 1.95. The summed E-state index contributed by atoms with van der Waals surface area (Å²) in [5.41, 5.74) is 0.946. The van der Waals surface area contributed by atoms with Crippen LogP contribution in [0.4, 0.5) is 0 Å². The normalized spacial score (nSPS) is 11.6. The van der Waals surface area contributed by atoms with Gasteiger partial charge in [-0.2, -0.15) is 10.2 Å². The number of aromatic nitrogens is 5. The van der Waals surface area contributed by atoms with E-state index in [1.165, 1.54) is 40.4 Å². The van der Waals surface area contributed by atoms with Crippen LogP contribution in [0.3, 0.4) is 0 Å². The van der Waals surface area contributed by atoms with Crippen molar-refractivity contribution in [1.29, 1.82) is 0 Å². The SMILES string of the molecule is CS(=O)(=O)c1cccc(-n2ccc(=O)c(-c3ccnn3-c3nccs3)n2)c1. The van der Waals surface area contributed by atoms with Crippen molar-refractivity contribution in [1.82, 2.24) is 24.5 Å². The van der Waals surface area contributed by atoms with Gasteiger partial charge in [0.25, 0.3) is 0 Å². The lowest BCUT2D eigenvalue weighted by Crippen LogP contribution is -2.15. The topological polar surface area (TPSA) is 99.7 Å². The molecule has 8 nitrogen and oxygen atoms in total. The van der Waals surface area contributed by atoms with Crippen LogP contribution in [0.25, 0.3) is 22.2 Å². The molecule has 136 valence electrons. The van der Waals surface area contributed by atoms with E-state index in [9.17, 15) is 13.2 Å². The van der Waals surface area contributed by atoms with Gasteiger partial charge in [-0.15, -0.1) is 11.3 Å². The third-order valence-corrected chi connectivity index (χ3v) is 5.66. The fourth-order valence-corrected chi connectivity index (χ4v) is 3.81. The fourth-order valence-electron chi connectivity index (χ4n) is 2.54. The summed E-state index contributed by atoms with van der Waals surface area (Å²) in [6.07, 6.45) is 5.86. The van der Waals surface area contributed by atoms with Crippen molar-refractivity contribution in [3.8, 4) is 22.2 Å². The maximum atomic E-state index is 12.4. The Hall–Kier alpha value is -3.11. The zero-order valence-corrected chi connectivity index (χ0v) is 15.7. The molecular formula is C17H13N5O3S2. The van der Waals surface area contributed by atoms with Gasteiger partial charge in [0.2, 0.25) is 10.6 Å². The van der Waals surface area contributed by atoms with Crippen molar-refractivity contribution < 1.29 is 8.42 Å². The van der Waals surface area contributed by atoms with Gasteiger partial charge in [0, 0.05) is 30.1 Å². The lowest BCUT2D eigenvalue weighted by molar-refractivity contribution is 0.601. The summed E-state index contributed by atoms with van der Waals surface area (Å²) in [5.74, 6) is 0. The molecule has 0 atom stereocenters. The lowest BCUT2D eigenvalue weighted by atomic mass is 10.2. The van der Waals surface area contributed by atoms with Gasteiger partial charge < -0.3 is 0 Å². The van der Waals surface area contributed by atoms with E-state index in [0.29, 0.717) is 16.5 Å². The van der Waals surface area contributed by atoms with Crippen LogP contribution in [0, 0.1) is 0 Å². The number of hydrogen-bond donors (Lipinski definition) is 0. The zero-order chi connectivity index (χ0) is 19.0. The molecule has 4 rings (SSSR count). The summed E-state index contributed by atoms with van der Waals surface area (Å²) in [4.78, 5) is 16.8. The molecule has 3 heterocycles. The van der Waals surface area contributed by atoms with Crippen LogP contribution in [-0.4, -0.2) is 39.2 Å². The number of nitrogens with zero attached hydrogens (tertiary/aromatic N) is 5. The Morgan fingerprint density at radius 1 is 1.11 bits per heavy atom. The molecule has 0 spiro atoms. The van der Waals surface area contributed by atoms with Gasteiger partial charge in [-0.1, -0.05) is 6.07 Å². The molecule has 3 aromatic heterocycles. The van der Waals surface area contributed by atoms with Gasteiger partial charge in [-0.05, 0) is 24.3 Å². The Morgan fingerprint density at radius 3 is 2.70 bits per heavy atom. The zero-order valence-electron chi connectivity index (χ0n) is 14.1. The van der Waals surface area contributed by atoms with Crippen molar-refractivity contribution in [2.45, 2.75) is 4.90 Å². The molecule has 0 radical (unpaired) electrons. The van der Waals surface area contributed by atoms with Crippen LogP contribution in [0.2, 0.25) is 0 Å². The van der Waals surface area contributed by atoms with Crippen LogP contribution in [-0.2, 0) is 9.84 Å². The molecule has 10 heteroatoms. The van der Waals surface area contributed by atoms with E-state index in [0.717, 1.165) is 6.26 Å². The number of sulfone groups is 1. The maximum Gasteiger partial charge on any atom is 0.210 e. The van der Waals surface area contributed by atoms with E-state index in [2.05, 4.69) is 15.2 Å². The van der Waals surface area contributed by atoms with Crippen molar-refractivity contribution in [2.75, 3.05) is 6.26 Å². The molecule has 4 aromatic rings. The number of hydrogen-bond acceptors (Lipinski definition) is 7. The molecule has 0 saturated carbocycles. The smallest absolute Gasteiger partial charge is 0.210 e.